The highest BCUT2D eigenvalue weighted by Crippen LogP contribution is 2.43. The lowest BCUT2D eigenvalue weighted by Gasteiger charge is -2.14. The van der Waals surface area contributed by atoms with E-state index in [0.717, 1.165) is 33.4 Å². The fraction of sp³-hybridized carbons (Fsp3) is 0. The van der Waals surface area contributed by atoms with Gasteiger partial charge in [-0.25, -0.2) is 9.97 Å². The minimum absolute atomic E-state index is 0.714. The standard InChI is InChI=1S/C44H27N3/c1-2-13-28(14-3-1)42-37-23-10-11-24-39(37)45-44(46-42)31-17-12-18-32(25-31)47-40-27-30-16-5-4-15-29(30)26-38(40)41-35-21-8-6-19-33(35)34-20-7-9-22-36(34)43(41)47/h1-27H. The molecule has 218 valence electrons. The molecule has 0 aliphatic rings. The first-order chi connectivity index (χ1) is 23.3. The Morgan fingerprint density at radius 1 is 0.404 bits per heavy atom. The van der Waals surface area contributed by atoms with E-state index in [1.54, 1.807) is 0 Å². The summed E-state index contributed by atoms with van der Waals surface area (Å²) in [6, 6.07) is 58.4. The molecule has 0 saturated heterocycles. The van der Waals surface area contributed by atoms with Crippen LogP contribution in [0.1, 0.15) is 0 Å². The van der Waals surface area contributed by atoms with Crippen LogP contribution in [0.15, 0.2) is 164 Å². The topological polar surface area (TPSA) is 30.7 Å². The van der Waals surface area contributed by atoms with E-state index in [1.165, 1.54) is 54.1 Å². The van der Waals surface area contributed by atoms with Crippen molar-refractivity contribution in [2.75, 3.05) is 0 Å². The van der Waals surface area contributed by atoms with Crippen LogP contribution in [-0.2, 0) is 0 Å². The molecule has 0 fully saturated rings. The SMILES string of the molecule is c1ccc(-c2nc(-c3cccc(-n4c5cc6ccccc6cc5c5c6ccccc6c6ccccc6c54)c3)nc3ccccc23)cc1. The summed E-state index contributed by atoms with van der Waals surface area (Å²) < 4.78 is 2.45. The van der Waals surface area contributed by atoms with Crippen molar-refractivity contribution in [1.82, 2.24) is 14.5 Å². The second-order valence-electron chi connectivity index (χ2n) is 12.2. The molecule has 0 unspecified atom stereocenters. The minimum Gasteiger partial charge on any atom is -0.309 e. The quantitative estimate of drug-likeness (QED) is 0.190. The Labute approximate surface area is 271 Å². The molecule has 2 aromatic heterocycles. The van der Waals surface area contributed by atoms with Crippen LogP contribution >= 0.6 is 0 Å². The molecule has 3 nitrogen and oxygen atoms in total. The maximum absolute atomic E-state index is 5.20. The second-order valence-corrected chi connectivity index (χ2v) is 12.2. The van der Waals surface area contributed by atoms with E-state index in [2.05, 4.69) is 156 Å². The van der Waals surface area contributed by atoms with Gasteiger partial charge in [0.1, 0.15) is 0 Å². The molecule has 2 heterocycles. The maximum Gasteiger partial charge on any atom is 0.160 e. The van der Waals surface area contributed by atoms with Crippen molar-refractivity contribution in [3.8, 4) is 28.3 Å². The zero-order valence-electron chi connectivity index (χ0n) is 25.4. The fourth-order valence-corrected chi connectivity index (χ4v) is 7.44. The second kappa shape index (κ2) is 10.1. The van der Waals surface area contributed by atoms with Gasteiger partial charge in [-0.3, -0.25) is 0 Å². The lowest BCUT2D eigenvalue weighted by atomic mass is 9.96. The van der Waals surface area contributed by atoms with Gasteiger partial charge < -0.3 is 4.57 Å². The predicted molar refractivity (Wildman–Crippen MR) is 197 cm³/mol. The molecule has 0 aliphatic heterocycles. The van der Waals surface area contributed by atoms with E-state index < -0.39 is 0 Å². The zero-order valence-corrected chi connectivity index (χ0v) is 25.4. The average molecular weight is 598 g/mol. The van der Waals surface area contributed by atoms with Crippen LogP contribution in [0, 0.1) is 0 Å². The molecule has 0 N–H and O–H groups in total. The average Bonchev–Trinajstić information content (AvgIpc) is 3.48. The smallest absolute Gasteiger partial charge is 0.160 e. The summed E-state index contributed by atoms with van der Waals surface area (Å²) in [5, 5.41) is 11.1. The van der Waals surface area contributed by atoms with Gasteiger partial charge in [-0.15, -0.1) is 0 Å². The Hall–Kier alpha value is -6.32. The number of para-hydroxylation sites is 1. The van der Waals surface area contributed by atoms with Gasteiger partial charge >= 0.3 is 0 Å². The molecule has 0 atom stereocenters. The van der Waals surface area contributed by atoms with E-state index in [9.17, 15) is 0 Å². The number of nitrogens with zero attached hydrogens (tertiary/aromatic N) is 3. The van der Waals surface area contributed by atoms with E-state index >= 15 is 0 Å². The Morgan fingerprint density at radius 2 is 1.02 bits per heavy atom. The van der Waals surface area contributed by atoms with Gasteiger partial charge in [-0.05, 0) is 57.3 Å². The summed E-state index contributed by atoms with van der Waals surface area (Å²) in [6.45, 7) is 0. The third kappa shape index (κ3) is 3.93. The predicted octanol–water partition coefficient (Wildman–Crippen LogP) is 11.5. The van der Waals surface area contributed by atoms with Crippen molar-refractivity contribution in [1.29, 1.82) is 0 Å². The number of aromatic nitrogens is 3. The number of hydrogen-bond donors (Lipinski definition) is 0. The van der Waals surface area contributed by atoms with Gasteiger partial charge in [0, 0.05) is 38.4 Å². The molecule has 8 aromatic carbocycles. The van der Waals surface area contributed by atoms with Crippen molar-refractivity contribution in [2.24, 2.45) is 0 Å². The highest BCUT2D eigenvalue weighted by Gasteiger charge is 2.20. The molecular weight excluding hydrogens is 571 g/mol. The highest BCUT2D eigenvalue weighted by atomic mass is 15.0. The number of hydrogen-bond acceptors (Lipinski definition) is 2. The summed E-state index contributed by atoms with van der Waals surface area (Å²) in [7, 11) is 0. The van der Waals surface area contributed by atoms with Gasteiger partial charge in [-0.2, -0.15) is 0 Å². The molecule has 0 aliphatic carbocycles. The van der Waals surface area contributed by atoms with E-state index in [-0.39, 0.29) is 0 Å². The van der Waals surface area contributed by atoms with Crippen LogP contribution in [0.25, 0.3) is 93.4 Å². The number of benzene rings is 8. The maximum atomic E-state index is 5.20. The molecule has 0 amide bonds. The first-order valence-corrected chi connectivity index (χ1v) is 16.0. The molecule has 10 aromatic rings. The summed E-state index contributed by atoms with van der Waals surface area (Å²) in [6.07, 6.45) is 0. The number of rotatable bonds is 3. The Bertz CT molecular complexity index is 2850. The van der Waals surface area contributed by atoms with Gasteiger partial charge in [0.25, 0.3) is 0 Å². The normalized spacial score (nSPS) is 11.8. The van der Waals surface area contributed by atoms with Crippen molar-refractivity contribution in [3.05, 3.63) is 164 Å². The Balaban J connectivity index is 1.31. The van der Waals surface area contributed by atoms with Gasteiger partial charge in [-0.1, -0.05) is 133 Å². The Kier molecular flexibility index (Phi) is 5.57. The zero-order chi connectivity index (χ0) is 30.9. The van der Waals surface area contributed by atoms with Crippen molar-refractivity contribution in [3.63, 3.8) is 0 Å². The lowest BCUT2D eigenvalue weighted by Crippen LogP contribution is -1.98. The fourth-order valence-electron chi connectivity index (χ4n) is 7.44. The Morgan fingerprint density at radius 3 is 1.83 bits per heavy atom. The molecule has 0 bridgehead atoms. The number of fused-ring (bicyclic) bond motifs is 10. The largest absolute Gasteiger partial charge is 0.309 e. The van der Waals surface area contributed by atoms with Crippen molar-refractivity contribution in [2.45, 2.75) is 0 Å². The van der Waals surface area contributed by atoms with E-state index in [1.807, 2.05) is 12.1 Å². The molecule has 47 heavy (non-hydrogen) atoms. The molecule has 0 saturated carbocycles. The summed E-state index contributed by atoms with van der Waals surface area (Å²) >= 11 is 0. The van der Waals surface area contributed by atoms with Crippen molar-refractivity contribution >= 4 is 65.0 Å². The van der Waals surface area contributed by atoms with E-state index in [0.29, 0.717) is 5.82 Å². The lowest BCUT2D eigenvalue weighted by molar-refractivity contribution is 1.18. The van der Waals surface area contributed by atoms with Gasteiger partial charge in [0.2, 0.25) is 0 Å². The monoisotopic (exact) mass is 597 g/mol. The minimum atomic E-state index is 0.714. The van der Waals surface area contributed by atoms with Crippen LogP contribution in [0.5, 0.6) is 0 Å². The molecule has 10 rings (SSSR count). The first-order valence-electron chi connectivity index (χ1n) is 16.0. The highest BCUT2D eigenvalue weighted by molar-refractivity contribution is 6.33. The van der Waals surface area contributed by atoms with Crippen LogP contribution < -0.4 is 0 Å². The summed E-state index contributed by atoms with van der Waals surface area (Å²) in [4.78, 5) is 10.3. The van der Waals surface area contributed by atoms with Crippen LogP contribution in [0.2, 0.25) is 0 Å². The van der Waals surface area contributed by atoms with Crippen LogP contribution in [0.3, 0.4) is 0 Å². The molecule has 3 heteroatoms. The third-order valence-electron chi connectivity index (χ3n) is 9.52. The molecule has 0 spiro atoms. The third-order valence-corrected chi connectivity index (χ3v) is 9.52. The van der Waals surface area contributed by atoms with Crippen LogP contribution in [0.4, 0.5) is 0 Å². The van der Waals surface area contributed by atoms with E-state index in [4.69, 9.17) is 9.97 Å². The summed E-state index contributed by atoms with van der Waals surface area (Å²) in [5.74, 6) is 0.714. The molecule has 0 radical (unpaired) electrons. The van der Waals surface area contributed by atoms with Gasteiger partial charge in [0.15, 0.2) is 5.82 Å². The van der Waals surface area contributed by atoms with Crippen molar-refractivity contribution < 1.29 is 0 Å². The summed E-state index contributed by atoms with van der Waals surface area (Å²) in [5.41, 5.74) is 7.41. The first kappa shape index (κ1) is 26.0. The molecular formula is C44H27N3. The van der Waals surface area contributed by atoms with Gasteiger partial charge in [0.05, 0.1) is 22.2 Å². The van der Waals surface area contributed by atoms with Crippen LogP contribution in [-0.4, -0.2) is 14.5 Å².